The lowest BCUT2D eigenvalue weighted by atomic mass is 10.0. The predicted molar refractivity (Wildman–Crippen MR) is 32.9 cm³/mol. The average Bonchev–Trinajstić information content (AvgIpc) is 2.36. The molecule has 0 spiro atoms. The number of alkyl halides is 2. The fourth-order valence-corrected chi connectivity index (χ4v) is 2.24. The molecule has 0 aromatic heterocycles. The van der Waals surface area contributed by atoms with Gasteiger partial charge in [0.05, 0.1) is 0 Å². The molecule has 0 radical (unpaired) electrons. The van der Waals surface area contributed by atoms with E-state index in [0.717, 1.165) is 0 Å². The Balaban J connectivity index is 2.26. The van der Waals surface area contributed by atoms with Gasteiger partial charge in [0.2, 0.25) is 0 Å². The Morgan fingerprint density at radius 1 is 1.00 bits per heavy atom. The summed E-state index contributed by atoms with van der Waals surface area (Å²) in [7, 11) is 0. The van der Waals surface area contributed by atoms with E-state index in [-0.39, 0.29) is 11.8 Å². The molecule has 0 aromatic rings. The summed E-state index contributed by atoms with van der Waals surface area (Å²) in [4.78, 5) is 0. The number of halogens is 2. The molecule has 0 N–H and O–H groups in total. The van der Waals surface area contributed by atoms with Crippen LogP contribution in [0.15, 0.2) is 24.3 Å². The van der Waals surface area contributed by atoms with E-state index < -0.39 is 11.3 Å². The van der Waals surface area contributed by atoms with Crippen molar-refractivity contribution in [3.05, 3.63) is 24.3 Å². The zero-order valence-corrected chi connectivity index (χ0v) is 5.22. The van der Waals surface area contributed by atoms with Crippen molar-refractivity contribution in [2.45, 2.75) is 11.3 Å². The zero-order valence-electron chi connectivity index (χ0n) is 5.22. The van der Waals surface area contributed by atoms with Gasteiger partial charge in [-0.15, -0.1) is 0 Å². The second kappa shape index (κ2) is 0.987. The van der Waals surface area contributed by atoms with Crippen LogP contribution in [0.4, 0.5) is 8.78 Å². The third-order valence-corrected chi connectivity index (χ3v) is 2.93. The van der Waals surface area contributed by atoms with E-state index >= 15 is 0 Å². The smallest absolute Gasteiger partial charge is 0.182 e. The molecular formula is C8H6F2. The van der Waals surface area contributed by atoms with Crippen LogP contribution >= 0.6 is 0 Å². The SMILES string of the molecule is FC12C=CC3C(C=C1)C32F. The molecule has 2 heteroatoms. The largest absolute Gasteiger partial charge is 0.238 e. The molecule has 0 aromatic carbocycles. The Hall–Kier alpha value is -0.660. The van der Waals surface area contributed by atoms with E-state index in [1.54, 1.807) is 12.2 Å². The van der Waals surface area contributed by atoms with Gasteiger partial charge in [-0.3, -0.25) is 0 Å². The third-order valence-electron chi connectivity index (χ3n) is 2.93. The highest BCUT2D eigenvalue weighted by Gasteiger charge is 2.79. The standard InChI is InChI=1S/C8H6F2/c9-7-3-1-5-6(2-4-7)8(5,7)10/h1-6H. The van der Waals surface area contributed by atoms with E-state index in [2.05, 4.69) is 0 Å². The lowest BCUT2D eigenvalue weighted by molar-refractivity contribution is 0.120. The molecule has 1 fully saturated rings. The third kappa shape index (κ3) is 0.250. The molecule has 3 aliphatic carbocycles. The second-order valence-electron chi connectivity index (χ2n) is 3.31. The zero-order chi connectivity index (χ0) is 6.98. The highest BCUT2D eigenvalue weighted by atomic mass is 19.2. The van der Waals surface area contributed by atoms with Crippen molar-refractivity contribution in [2.24, 2.45) is 11.8 Å². The van der Waals surface area contributed by atoms with Gasteiger partial charge >= 0.3 is 0 Å². The molecule has 0 saturated heterocycles. The van der Waals surface area contributed by atoms with Crippen LogP contribution in [0.3, 0.4) is 0 Å². The number of fused-ring (bicyclic) bond motifs is 1. The van der Waals surface area contributed by atoms with E-state index in [9.17, 15) is 8.78 Å². The van der Waals surface area contributed by atoms with Crippen LogP contribution in [0.25, 0.3) is 0 Å². The van der Waals surface area contributed by atoms with Gasteiger partial charge in [-0.2, -0.15) is 0 Å². The lowest BCUT2D eigenvalue weighted by Crippen LogP contribution is -2.29. The highest BCUT2D eigenvalue weighted by molar-refractivity contribution is 5.51. The van der Waals surface area contributed by atoms with Crippen molar-refractivity contribution in [1.82, 2.24) is 0 Å². The van der Waals surface area contributed by atoms with E-state index in [1.165, 1.54) is 12.2 Å². The van der Waals surface area contributed by atoms with E-state index in [1.807, 2.05) is 0 Å². The molecule has 1 saturated carbocycles. The predicted octanol–water partition coefficient (Wildman–Crippen LogP) is 1.79. The molecule has 0 bridgehead atoms. The van der Waals surface area contributed by atoms with E-state index in [0.29, 0.717) is 0 Å². The van der Waals surface area contributed by atoms with Crippen molar-refractivity contribution < 1.29 is 8.78 Å². The average molecular weight is 140 g/mol. The van der Waals surface area contributed by atoms with Gasteiger partial charge in [0, 0.05) is 11.8 Å². The Labute approximate surface area is 57.2 Å². The monoisotopic (exact) mass is 140 g/mol. The van der Waals surface area contributed by atoms with Crippen molar-refractivity contribution in [3.8, 4) is 0 Å². The minimum atomic E-state index is -1.75. The van der Waals surface area contributed by atoms with Gasteiger partial charge in [-0.1, -0.05) is 12.2 Å². The molecule has 0 heterocycles. The molecule has 10 heavy (non-hydrogen) atoms. The summed E-state index contributed by atoms with van der Waals surface area (Å²) in [6, 6.07) is 0. The molecular weight excluding hydrogens is 134 g/mol. The summed E-state index contributed by atoms with van der Waals surface area (Å²) in [5.41, 5.74) is -3.31. The van der Waals surface area contributed by atoms with Gasteiger partial charge in [0.1, 0.15) is 0 Å². The molecule has 0 aliphatic heterocycles. The molecule has 0 amide bonds. The maximum atomic E-state index is 13.4. The van der Waals surface area contributed by atoms with Gasteiger partial charge in [-0.25, -0.2) is 8.78 Å². The Morgan fingerprint density at radius 3 is 1.80 bits per heavy atom. The maximum absolute atomic E-state index is 13.4. The molecule has 2 atom stereocenters. The number of allylic oxidation sites excluding steroid dienone is 4. The summed E-state index contributed by atoms with van der Waals surface area (Å²) in [5, 5.41) is 0. The molecule has 3 rings (SSSR count). The summed E-state index contributed by atoms with van der Waals surface area (Å²) in [5.74, 6) is -0.301. The van der Waals surface area contributed by atoms with Crippen molar-refractivity contribution in [1.29, 1.82) is 0 Å². The van der Waals surface area contributed by atoms with Crippen LogP contribution in [0.2, 0.25) is 0 Å². The van der Waals surface area contributed by atoms with Gasteiger partial charge < -0.3 is 0 Å². The van der Waals surface area contributed by atoms with Gasteiger partial charge in [0.25, 0.3) is 0 Å². The van der Waals surface area contributed by atoms with Crippen molar-refractivity contribution >= 4 is 0 Å². The summed E-state index contributed by atoms with van der Waals surface area (Å²) >= 11 is 0. The fourth-order valence-electron chi connectivity index (χ4n) is 2.24. The highest BCUT2D eigenvalue weighted by Crippen LogP contribution is 2.70. The van der Waals surface area contributed by atoms with Gasteiger partial charge in [0.15, 0.2) is 11.3 Å². The first-order chi connectivity index (χ1) is 4.68. The number of rotatable bonds is 0. The first kappa shape index (κ1) is 5.05. The number of hydrogen-bond donors (Lipinski definition) is 0. The van der Waals surface area contributed by atoms with Crippen LogP contribution in [-0.4, -0.2) is 11.3 Å². The Morgan fingerprint density at radius 2 is 1.50 bits per heavy atom. The Kier molecular flexibility index (Phi) is 0.498. The van der Waals surface area contributed by atoms with Gasteiger partial charge in [-0.05, 0) is 12.2 Å². The maximum Gasteiger partial charge on any atom is 0.182 e. The number of hydrogen-bond acceptors (Lipinski definition) is 0. The summed E-state index contributed by atoms with van der Waals surface area (Å²) in [6.45, 7) is 0. The van der Waals surface area contributed by atoms with Crippen LogP contribution < -0.4 is 0 Å². The summed E-state index contributed by atoms with van der Waals surface area (Å²) < 4.78 is 26.8. The molecule has 52 valence electrons. The first-order valence-electron chi connectivity index (χ1n) is 3.45. The van der Waals surface area contributed by atoms with E-state index in [4.69, 9.17) is 0 Å². The van der Waals surface area contributed by atoms with Crippen molar-refractivity contribution in [3.63, 3.8) is 0 Å². The topological polar surface area (TPSA) is 0 Å². The van der Waals surface area contributed by atoms with Crippen LogP contribution in [0.5, 0.6) is 0 Å². The van der Waals surface area contributed by atoms with Crippen molar-refractivity contribution in [2.75, 3.05) is 0 Å². The second-order valence-corrected chi connectivity index (χ2v) is 3.31. The minimum Gasteiger partial charge on any atom is -0.238 e. The summed E-state index contributed by atoms with van der Waals surface area (Å²) in [6.07, 6.45) is 6.00. The quantitative estimate of drug-likeness (QED) is 0.450. The van der Waals surface area contributed by atoms with Crippen LogP contribution in [-0.2, 0) is 0 Å². The van der Waals surface area contributed by atoms with Crippen LogP contribution in [0.1, 0.15) is 0 Å². The first-order valence-corrected chi connectivity index (χ1v) is 3.45. The normalized spacial score (nSPS) is 67.0. The van der Waals surface area contributed by atoms with Crippen LogP contribution in [0, 0.1) is 11.8 Å². The molecule has 2 unspecified atom stereocenters. The molecule has 0 nitrogen and oxygen atoms in total. The fraction of sp³-hybridized carbons (Fsp3) is 0.500. The molecule has 3 aliphatic rings. The minimum absolute atomic E-state index is 0.150. The lowest BCUT2D eigenvalue weighted by Gasteiger charge is -2.15. The Bertz CT molecular complexity index is 244.